The summed E-state index contributed by atoms with van der Waals surface area (Å²) in [6.45, 7) is 7.12. The number of esters is 1. The number of hydrogen-bond donors (Lipinski definition) is 1. The van der Waals surface area contributed by atoms with Gasteiger partial charge in [0, 0.05) is 17.8 Å². The Bertz CT molecular complexity index is 880. The van der Waals surface area contributed by atoms with Crippen molar-refractivity contribution < 1.29 is 24.2 Å². The standard InChI is InChI=1S/C24H30O5/c1-14-11-17-18(22(3)8-5-16(27)12-20(14)22)6-9-23(4)19(17)7-10-24(23,21(28)13-25)29-15(2)26/h5-6,8,12,14,17,19,25H,7,9-11,13H2,1-4H3. The van der Waals surface area contributed by atoms with Crippen LogP contribution in [-0.4, -0.2) is 34.9 Å². The number of rotatable bonds is 3. The molecule has 0 heterocycles. The second kappa shape index (κ2) is 6.49. The van der Waals surface area contributed by atoms with Crippen LogP contribution in [0.4, 0.5) is 0 Å². The summed E-state index contributed by atoms with van der Waals surface area (Å²) in [7, 11) is 0. The molecule has 2 fully saturated rings. The lowest BCUT2D eigenvalue weighted by atomic mass is 9.49. The third kappa shape index (κ3) is 2.59. The Morgan fingerprint density at radius 3 is 2.66 bits per heavy atom. The summed E-state index contributed by atoms with van der Waals surface area (Å²) in [6, 6.07) is 0. The number of allylic oxidation sites excluding steroid dienone is 6. The Balaban J connectivity index is 1.81. The van der Waals surface area contributed by atoms with E-state index in [0.29, 0.717) is 12.8 Å². The van der Waals surface area contributed by atoms with Crippen LogP contribution in [0.1, 0.15) is 53.4 Å². The minimum absolute atomic E-state index is 0.0484. The van der Waals surface area contributed by atoms with Gasteiger partial charge in [0.25, 0.3) is 0 Å². The minimum Gasteiger partial charge on any atom is -0.451 e. The van der Waals surface area contributed by atoms with Crippen LogP contribution in [0.2, 0.25) is 0 Å². The number of aliphatic hydroxyl groups is 1. The maximum atomic E-state index is 12.9. The van der Waals surface area contributed by atoms with Crippen LogP contribution in [0.5, 0.6) is 0 Å². The van der Waals surface area contributed by atoms with Crippen LogP contribution in [0.15, 0.2) is 35.5 Å². The van der Waals surface area contributed by atoms with Gasteiger partial charge in [0.15, 0.2) is 11.4 Å². The van der Waals surface area contributed by atoms with Crippen molar-refractivity contribution in [3.05, 3.63) is 35.5 Å². The third-order valence-electron chi connectivity index (χ3n) is 8.31. The molecule has 0 aromatic rings. The highest BCUT2D eigenvalue weighted by atomic mass is 16.6. The Labute approximate surface area is 171 Å². The predicted octanol–water partition coefficient (Wildman–Crippen LogP) is 3.32. The number of Topliss-reactive ketones (excluding diaryl/α,β-unsaturated/α-hetero) is 1. The Morgan fingerprint density at radius 1 is 1.28 bits per heavy atom. The second-order valence-electron chi connectivity index (χ2n) is 9.71. The van der Waals surface area contributed by atoms with E-state index in [-0.39, 0.29) is 29.0 Å². The molecule has 6 atom stereocenters. The maximum Gasteiger partial charge on any atom is 0.303 e. The molecule has 0 aromatic carbocycles. The molecular formula is C24H30O5. The summed E-state index contributed by atoms with van der Waals surface area (Å²) in [4.78, 5) is 36.8. The van der Waals surface area contributed by atoms with Crippen LogP contribution in [0.25, 0.3) is 0 Å². The first kappa shape index (κ1) is 20.3. The summed E-state index contributed by atoms with van der Waals surface area (Å²) in [5.41, 5.74) is 0.414. The summed E-state index contributed by atoms with van der Waals surface area (Å²) in [6.07, 6.45) is 10.5. The SMILES string of the molecule is CC(=O)OC1(C(=O)CO)CCC2C3CC(C)C4=CC(=O)C=CC4(C)C3=CCC21C. The fourth-order valence-electron chi connectivity index (χ4n) is 6.98. The van der Waals surface area contributed by atoms with Gasteiger partial charge in [0.1, 0.15) is 6.61 Å². The molecule has 4 aliphatic rings. The molecule has 2 saturated carbocycles. The first-order chi connectivity index (χ1) is 13.6. The number of ether oxygens (including phenoxy) is 1. The average molecular weight is 398 g/mol. The molecule has 29 heavy (non-hydrogen) atoms. The lowest BCUT2D eigenvalue weighted by Crippen LogP contribution is -2.57. The topological polar surface area (TPSA) is 80.7 Å². The molecular weight excluding hydrogens is 368 g/mol. The molecule has 0 aliphatic heterocycles. The quantitative estimate of drug-likeness (QED) is 0.583. The Hall–Kier alpha value is -2.01. The second-order valence-corrected chi connectivity index (χ2v) is 9.71. The molecule has 0 saturated heterocycles. The van der Waals surface area contributed by atoms with Crippen molar-refractivity contribution >= 4 is 17.5 Å². The summed E-state index contributed by atoms with van der Waals surface area (Å²) < 4.78 is 5.73. The molecule has 156 valence electrons. The molecule has 6 unspecified atom stereocenters. The van der Waals surface area contributed by atoms with Gasteiger partial charge in [-0.2, -0.15) is 0 Å². The lowest BCUT2D eigenvalue weighted by Gasteiger charge is -2.55. The van der Waals surface area contributed by atoms with Gasteiger partial charge in [0.05, 0.1) is 0 Å². The van der Waals surface area contributed by atoms with Crippen molar-refractivity contribution in [2.24, 2.45) is 28.6 Å². The molecule has 5 heteroatoms. The van der Waals surface area contributed by atoms with Crippen molar-refractivity contribution in [2.75, 3.05) is 6.61 Å². The van der Waals surface area contributed by atoms with Crippen molar-refractivity contribution in [2.45, 2.75) is 59.0 Å². The average Bonchev–Trinajstić information content (AvgIpc) is 2.95. The van der Waals surface area contributed by atoms with E-state index in [1.165, 1.54) is 18.1 Å². The molecule has 0 spiro atoms. The molecule has 0 radical (unpaired) electrons. The van der Waals surface area contributed by atoms with Gasteiger partial charge in [-0.1, -0.05) is 31.6 Å². The van der Waals surface area contributed by atoms with E-state index in [4.69, 9.17) is 4.74 Å². The molecule has 4 rings (SSSR count). The normalized spacial score (nSPS) is 42.9. The highest BCUT2D eigenvalue weighted by Crippen LogP contribution is 2.66. The third-order valence-corrected chi connectivity index (χ3v) is 8.31. The predicted molar refractivity (Wildman–Crippen MR) is 108 cm³/mol. The minimum atomic E-state index is -1.26. The summed E-state index contributed by atoms with van der Waals surface area (Å²) >= 11 is 0. The van der Waals surface area contributed by atoms with Crippen LogP contribution in [0.3, 0.4) is 0 Å². The van der Waals surface area contributed by atoms with Crippen molar-refractivity contribution in [3.63, 3.8) is 0 Å². The van der Waals surface area contributed by atoms with Gasteiger partial charge in [-0.05, 0) is 68.1 Å². The Morgan fingerprint density at radius 2 is 2.00 bits per heavy atom. The van der Waals surface area contributed by atoms with Gasteiger partial charge in [-0.15, -0.1) is 0 Å². The van der Waals surface area contributed by atoms with Gasteiger partial charge < -0.3 is 9.84 Å². The summed E-state index contributed by atoms with van der Waals surface area (Å²) in [5, 5.41) is 9.67. The van der Waals surface area contributed by atoms with Crippen LogP contribution < -0.4 is 0 Å². The van der Waals surface area contributed by atoms with E-state index < -0.39 is 29.4 Å². The molecule has 0 bridgehead atoms. The maximum absolute atomic E-state index is 12.9. The number of carbonyl (C=O) groups is 3. The van der Waals surface area contributed by atoms with Crippen molar-refractivity contribution in [3.8, 4) is 0 Å². The number of carbonyl (C=O) groups excluding carboxylic acids is 3. The van der Waals surface area contributed by atoms with E-state index in [0.717, 1.165) is 12.8 Å². The number of hydrogen-bond acceptors (Lipinski definition) is 5. The molecule has 1 N–H and O–H groups in total. The van der Waals surface area contributed by atoms with Crippen LogP contribution in [-0.2, 0) is 19.1 Å². The van der Waals surface area contributed by atoms with E-state index in [1.807, 2.05) is 13.0 Å². The smallest absolute Gasteiger partial charge is 0.303 e. The highest BCUT2D eigenvalue weighted by Gasteiger charge is 2.67. The first-order valence-electron chi connectivity index (χ1n) is 10.6. The van der Waals surface area contributed by atoms with E-state index >= 15 is 0 Å². The van der Waals surface area contributed by atoms with Crippen molar-refractivity contribution in [1.82, 2.24) is 0 Å². The number of aliphatic hydroxyl groups excluding tert-OH is 1. The largest absolute Gasteiger partial charge is 0.451 e. The molecule has 0 amide bonds. The van der Waals surface area contributed by atoms with E-state index in [2.05, 4.69) is 19.9 Å². The molecule has 4 aliphatic carbocycles. The first-order valence-corrected chi connectivity index (χ1v) is 10.6. The fourth-order valence-corrected chi connectivity index (χ4v) is 6.98. The molecule has 5 nitrogen and oxygen atoms in total. The zero-order valence-electron chi connectivity index (χ0n) is 17.7. The van der Waals surface area contributed by atoms with Crippen molar-refractivity contribution in [1.29, 1.82) is 0 Å². The van der Waals surface area contributed by atoms with Gasteiger partial charge >= 0.3 is 5.97 Å². The van der Waals surface area contributed by atoms with Gasteiger partial charge in [-0.3, -0.25) is 14.4 Å². The van der Waals surface area contributed by atoms with E-state index in [9.17, 15) is 19.5 Å². The number of ketones is 2. The Kier molecular flexibility index (Phi) is 4.54. The zero-order valence-corrected chi connectivity index (χ0v) is 17.7. The van der Waals surface area contributed by atoms with Crippen LogP contribution >= 0.6 is 0 Å². The monoisotopic (exact) mass is 398 g/mol. The van der Waals surface area contributed by atoms with Gasteiger partial charge in [0.2, 0.25) is 5.78 Å². The van der Waals surface area contributed by atoms with E-state index in [1.54, 1.807) is 12.2 Å². The van der Waals surface area contributed by atoms with Gasteiger partial charge in [-0.25, -0.2) is 0 Å². The zero-order chi connectivity index (χ0) is 21.2. The highest BCUT2D eigenvalue weighted by molar-refractivity contribution is 6.01. The summed E-state index contributed by atoms with van der Waals surface area (Å²) in [5.74, 6) is -0.125. The fraction of sp³-hybridized carbons (Fsp3) is 0.625. The van der Waals surface area contributed by atoms with Crippen LogP contribution in [0, 0.1) is 28.6 Å². The molecule has 0 aromatic heterocycles. The number of fused-ring (bicyclic) bond motifs is 5. The lowest BCUT2D eigenvalue weighted by molar-refractivity contribution is -0.183.